The van der Waals surface area contributed by atoms with Crippen LogP contribution in [0.25, 0.3) is 6.08 Å². The predicted molar refractivity (Wildman–Crippen MR) is 85.9 cm³/mol. The first kappa shape index (κ1) is 15.5. The molecule has 0 aliphatic carbocycles. The maximum Gasteiger partial charge on any atom is 0.337 e. The molecule has 1 aliphatic heterocycles. The number of carbonyl (C=O) groups is 2. The van der Waals surface area contributed by atoms with E-state index < -0.39 is 5.97 Å². The van der Waals surface area contributed by atoms with Crippen molar-refractivity contribution < 1.29 is 23.8 Å². The number of hydrogen-bond acceptors (Lipinski definition) is 6. The maximum absolute atomic E-state index is 12.4. The third-order valence-corrected chi connectivity index (χ3v) is 4.27. The summed E-state index contributed by atoms with van der Waals surface area (Å²) in [5.74, 6) is 0.278. The van der Waals surface area contributed by atoms with Crippen molar-refractivity contribution in [1.29, 1.82) is 0 Å². The van der Waals surface area contributed by atoms with Crippen LogP contribution >= 0.6 is 11.3 Å². The van der Waals surface area contributed by atoms with Gasteiger partial charge in [0.25, 0.3) is 0 Å². The first-order valence-electron chi connectivity index (χ1n) is 6.90. The first-order chi connectivity index (χ1) is 11.1. The van der Waals surface area contributed by atoms with E-state index in [1.165, 1.54) is 13.2 Å². The van der Waals surface area contributed by atoms with E-state index in [1.54, 1.807) is 29.5 Å². The molecular weight excluding hydrogens is 316 g/mol. The second kappa shape index (κ2) is 6.36. The SMILES string of the molecule is COCC(=O)Oc1ccc2c(c1)O/C(=C\c1sccc1C)C2=O. The van der Waals surface area contributed by atoms with Crippen molar-refractivity contribution in [2.45, 2.75) is 6.92 Å². The summed E-state index contributed by atoms with van der Waals surface area (Å²) >= 11 is 1.54. The highest BCUT2D eigenvalue weighted by atomic mass is 32.1. The van der Waals surface area contributed by atoms with Crippen LogP contribution in [0.2, 0.25) is 0 Å². The summed E-state index contributed by atoms with van der Waals surface area (Å²) in [6.45, 7) is 1.84. The lowest BCUT2D eigenvalue weighted by atomic mass is 10.1. The Morgan fingerprint density at radius 3 is 2.87 bits per heavy atom. The van der Waals surface area contributed by atoms with Gasteiger partial charge in [-0.2, -0.15) is 0 Å². The zero-order valence-corrected chi connectivity index (χ0v) is 13.4. The molecule has 0 fully saturated rings. The lowest BCUT2D eigenvalue weighted by Gasteiger charge is -2.04. The Labute approximate surface area is 137 Å². The third-order valence-electron chi connectivity index (χ3n) is 3.30. The van der Waals surface area contributed by atoms with Crippen LogP contribution in [0.15, 0.2) is 35.4 Å². The lowest BCUT2D eigenvalue weighted by molar-refractivity contribution is -0.138. The number of methoxy groups -OCH3 is 1. The molecule has 3 rings (SSSR count). The number of carbonyl (C=O) groups excluding carboxylic acids is 2. The van der Waals surface area contributed by atoms with Gasteiger partial charge < -0.3 is 14.2 Å². The molecule has 23 heavy (non-hydrogen) atoms. The summed E-state index contributed by atoms with van der Waals surface area (Å²) < 4.78 is 15.4. The number of ketones is 1. The predicted octanol–water partition coefficient (Wildman–Crippen LogP) is 3.22. The van der Waals surface area contributed by atoms with Crippen LogP contribution in [0.1, 0.15) is 20.8 Å². The number of fused-ring (bicyclic) bond motifs is 1. The van der Waals surface area contributed by atoms with Crippen LogP contribution in [0, 0.1) is 6.92 Å². The molecule has 1 aromatic carbocycles. The molecule has 0 amide bonds. The second-order valence-electron chi connectivity index (χ2n) is 4.97. The van der Waals surface area contributed by atoms with E-state index in [4.69, 9.17) is 14.2 Å². The van der Waals surface area contributed by atoms with Gasteiger partial charge in [0.15, 0.2) is 5.76 Å². The summed E-state index contributed by atoms with van der Waals surface area (Å²) in [6.07, 6.45) is 1.74. The normalized spacial score (nSPS) is 14.7. The van der Waals surface area contributed by atoms with Gasteiger partial charge in [-0.3, -0.25) is 4.79 Å². The Bertz CT molecular complexity index is 803. The minimum Gasteiger partial charge on any atom is -0.452 e. The average molecular weight is 330 g/mol. The molecule has 0 N–H and O–H groups in total. The van der Waals surface area contributed by atoms with Crippen LogP contribution in [-0.2, 0) is 9.53 Å². The molecular formula is C17H14O5S. The molecule has 0 saturated heterocycles. The van der Waals surface area contributed by atoms with Gasteiger partial charge in [0.05, 0.1) is 5.56 Å². The van der Waals surface area contributed by atoms with Crippen molar-refractivity contribution in [3.63, 3.8) is 0 Å². The average Bonchev–Trinajstić information content (AvgIpc) is 3.04. The molecule has 118 valence electrons. The van der Waals surface area contributed by atoms with Gasteiger partial charge in [0.1, 0.15) is 18.1 Å². The Morgan fingerprint density at radius 1 is 1.35 bits per heavy atom. The summed E-state index contributed by atoms with van der Waals surface area (Å²) in [6, 6.07) is 6.67. The highest BCUT2D eigenvalue weighted by molar-refractivity contribution is 7.11. The fourth-order valence-corrected chi connectivity index (χ4v) is 3.01. The van der Waals surface area contributed by atoms with E-state index in [1.807, 2.05) is 18.4 Å². The highest BCUT2D eigenvalue weighted by Gasteiger charge is 2.28. The summed E-state index contributed by atoms with van der Waals surface area (Å²) in [5, 5.41) is 1.96. The van der Waals surface area contributed by atoms with Gasteiger partial charge >= 0.3 is 5.97 Å². The highest BCUT2D eigenvalue weighted by Crippen LogP contribution is 2.35. The van der Waals surface area contributed by atoms with Gasteiger partial charge in [-0.25, -0.2) is 4.79 Å². The quantitative estimate of drug-likeness (QED) is 0.489. The first-order valence-corrected chi connectivity index (χ1v) is 7.78. The van der Waals surface area contributed by atoms with Gasteiger partial charge in [-0.05, 0) is 36.1 Å². The van der Waals surface area contributed by atoms with Crippen LogP contribution in [0.3, 0.4) is 0 Å². The van der Waals surface area contributed by atoms with E-state index in [0.717, 1.165) is 10.4 Å². The molecule has 5 nitrogen and oxygen atoms in total. The molecule has 0 spiro atoms. The molecule has 0 saturated carbocycles. The Hall–Kier alpha value is -2.44. The monoisotopic (exact) mass is 330 g/mol. The van der Waals surface area contributed by atoms with Crippen molar-refractivity contribution in [2.75, 3.05) is 13.7 Å². The van der Waals surface area contributed by atoms with Crippen LogP contribution < -0.4 is 9.47 Å². The van der Waals surface area contributed by atoms with Crippen LogP contribution in [0.5, 0.6) is 11.5 Å². The molecule has 0 radical (unpaired) electrons. The molecule has 6 heteroatoms. The van der Waals surface area contributed by atoms with Crippen LogP contribution in [0.4, 0.5) is 0 Å². The largest absolute Gasteiger partial charge is 0.452 e. The smallest absolute Gasteiger partial charge is 0.337 e. The van der Waals surface area contributed by atoms with Crippen LogP contribution in [-0.4, -0.2) is 25.5 Å². The zero-order valence-electron chi connectivity index (χ0n) is 12.6. The number of aryl methyl sites for hydroxylation is 1. The Morgan fingerprint density at radius 2 is 2.17 bits per heavy atom. The van der Waals surface area contributed by atoms with Gasteiger partial charge in [-0.15, -0.1) is 11.3 Å². The molecule has 0 bridgehead atoms. The Kier molecular flexibility index (Phi) is 4.27. The van der Waals surface area contributed by atoms with E-state index in [2.05, 4.69) is 0 Å². The van der Waals surface area contributed by atoms with Gasteiger partial charge in [-0.1, -0.05) is 0 Å². The van der Waals surface area contributed by atoms with Crippen molar-refractivity contribution in [2.24, 2.45) is 0 Å². The number of ether oxygens (including phenoxy) is 3. The minimum atomic E-state index is -0.512. The standard InChI is InChI=1S/C17H14O5S/c1-10-5-6-23-15(10)8-14-17(19)12-4-3-11(7-13(12)22-14)21-16(18)9-20-2/h3-8H,9H2,1-2H3/b14-8-. The van der Waals surface area contributed by atoms with Gasteiger partial charge in [0.2, 0.25) is 5.78 Å². The van der Waals surface area contributed by atoms with Crippen molar-refractivity contribution in [3.05, 3.63) is 51.4 Å². The van der Waals surface area contributed by atoms with Crippen molar-refractivity contribution in [3.8, 4) is 11.5 Å². The fraction of sp³-hybridized carbons (Fsp3) is 0.176. The number of benzene rings is 1. The van der Waals surface area contributed by atoms with Crippen molar-refractivity contribution >= 4 is 29.2 Å². The topological polar surface area (TPSA) is 61.8 Å². The number of allylic oxidation sites excluding steroid dienone is 1. The molecule has 0 unspecified atom stereocenters. The lowest BCUT2D eigenvalue weighted by Crippen LogP contribution is -2.14. The summed E-state index contributed by atoms with van der Waals surface area (Å²) in [4.78, 5) is 24.8. The van der Waals surface area contributed by atoms with E-state index in [0.29, 0.717) is 17.1 Å². The van der Waals surface area contributed by atoms with E-state index in [9.17, 15) is 9.59 Å². The zero-order chi connectivity index (χ0) is 16.4. The number of hydrogen-bond donors (Lipinski definition) is 0. The molecule has 2 heterocycles. The number of Topliss-reactive ketones (excluding diaryl/α,β-unsaturated/α-hetero) is 1. The van der Waals surface area contributed by atoms with Crippen molar-refractivity contribution in [1.82, 2.24) is 0 Å². The number of esters is 1. The molecule has 1 aromatic heterocycles. The summed E-state index contributed by atoms with van der Waals surface area (Å²) in [7, 11) is 1.41. The second-order valence-corrected chi connectivity index (χ2v) is 5.92. The Balaban J connectivity index is 1.84. The van der Waals surface area contributed by atoms with Gasteiger partial charge in [0, 0.05) is 24.1 Å². The number of thiophene rings is 1. The molecule has 0 atom stereocenters. The molecule has 1 aliphatic rings. The molecule has 2 aromatic rings. The third kappa shape index (κ3) is 3.18. The maximum atomic E-state index is 12.4. The minimum absolute atomic E-state index is 0.139. The summed E-state index contributed by atoms with van der Waals surface area (Å²) in [5.41, 5.74) is 1.54. The number of rotatable bonds is 4. The van der Waals surface area contributed by atoms with E-state index in [-0.39, 0.29) is 18.1 Å². The fourth-order valence-electron chi connectivity index (χ4n) is 2.16. The van der Waals surface area contributed by atoms with E-state index >= 15 is 0 Å².